The van der Waals surface area contributed by atoms with E-state index in [9.17, 15) is 19.7 Å². The number of hydrogen-bond donors (Lipinski definition) is 2. The van der Waals surface area contributed by atoms with E-state index in [2.05, 4.69) is 0 Å². The minimum absolute atomic E-state index is 0.141. The molecule has 4 atom stereocenters. The van der Waals surface area contributed by atoms with Crippen LogP contribution in [0.4, 0.5) is 0 Å². The van der Waals surface area contributed by atoms with Crippen molar-refractivity contribution in [1.82, 2.24) is 4.90 Å². The molecule has 5 rings (SSSR count). The quantitative estimate of drug-likeness (QED) is 0.568. The minimum Gasteiger partial charge on any atom is -0.508 e. The van der Waals surface area contributed by atoms with Crippen molar-refractivity contribution in [2.45, 2.75) is 18.9 Å². The van der Waals surface area contributed by atoms with E-state index in [1.54, 1.807) is 24.3 Å². The Morgan fingerprint density at radius 3 is 2.50 bits per heavy atom. The van der Waals surface area contributed by atoms with Gasteiger partial charge in [0.2, 0.25) is 11.8 Å². The normalized spacial score (nSPS) is 27.4. The highest BCUT2D eigenvalue weighted by Crippen LogP contribution is 2.51. The second kappa shape index (κ2) is 8.11. The number of phenolic OH excluding ortho intramolecular Hbond substituents is 1. The third-order valence-electron chi connectivity index (χ3n) is 6.85. The van der Waals surface area contributed by atoms with Gasteiger partial charge in [-0.15, -0.1) is 0 Å². The van der Waals surface area contributed by atoms with Gasteiger partial charge in [0.15, 0.2) is 0 Å². The predicted molar refractivity (Wildman–Crippen MR) is 116 cm³/mol. The summed E-state index contributed by atoms with van der Waals surface area (Å²) < 4.78 is 11.9. The molecule has 2 amide bonds. The Morgan fingerprint density at radius 1 is 1.06 bits per heavy atom. The van der Waals surface area contributed by atoms with Gasteiger partial charge in [0, 0.05) is 7.05 Å². The van der Waals surface area contributed by atoms with Crippen LogP contribution in [0, 0.1) is 17.8 Å². The number of imide groups is 1. The van der Waals surface area contributed by atoms with Gasteiger partial charge in [-0.2, -0.15) is 0 Å². The molecule has 0 bridgehead atoms. The second-order valence-corrected chi connectivity index (χ2v) is 8.64. The molecule has 32 heavy (non-hydrogen) atoms. The molecule has 0 aromatic heterocycles. The first-order valence-corrected chi connectivity index (χ1v) is 10.8. The van der Waals surface area contributed by atoms with Crippen LogP contribution in [-0.4, -0.2) is 47.6 Å². The predicted octanol–water partition coefficient (Wildman–Crippen LogP) is 2.50. The lowest BCUT2D eigenvalue weighted by Crippen LogP contribution is -2.45. The molecular weight excluding hydrogens is 409 g/mol. The molecule has 0 spiro atoms. The third kappa shape index (κ3) is 3.49. The number of rotatable bonds is 4. The van der Waals surface area contributed by atoms with Crippen LogP contribution in [0.15, 0.2) is 65.6 Å². The summed E-state index contributed by atoms with van der Waals surface area (Å²) in [7, 11) is 0.326. The first kappa shape index (κ1) is 20.8. The van der Waals surface area contributed by atoms with Crippen molar-refractivity contribution in [3.05, 3.63) is 71.2 Å². The van der Waals surface area contributed by atoms with Gasteiger partial charge in [0.25, 0.3) is 0 Å². The number of ether oxygens (including phenoxy) is 1. The summed E-state index contributed by atoms with van der Waals surface area (Å²) >= 11 is 0. The monoisotopic (exact) mass is 433 g/mol. The number of carbonyl (C=O) groups is 2. The Morgan fingerprint density at radius 2 is 1.78 bits per heavy atom. The highest BCUT2D eigenvalue weighted by atomic mass is 16.5. The summed E-state index contributed by atoms with van der Waals surface area (Å²) in [6.07, 6.45) is 0.367. The van der Waals surface area contributed by atoms with Crippen molar-refractivity contribution in [2.24, 2.45) is 17.8 Å². The molecule has 0 saturated carbocycles. The van der Waals surface area contributed by atoms with Crippen LogP contribution in [0.3, 0.4) is 0 Å². The first-order valence-electron chi connectivity index (χ1n) is 10.8. The molecule has 0 radical (unpaired) electrons. The Hall–Kier alpha value is -3.10. The zero-order valence-electron chi connectivity index (χ0n) is 17.7. The molecule has 2 N–H and O–H groups in total. The van der Waals surface area contributed by atoms with Gasteiger partial charge in [-0.3, -0.25) is 14.5 Å². The Labute approximate surface area is 186 Å². The number of nitrogens with zero attached hydrogens (tertiary/aromatic N) is 1. The van der Waals surface area contributed by atoms with Crippen LogP contribution in [-0.2, 0) is 14.2 Å². The van der Waals surface area contributed by atoms with E-state index in [-0.39, 0.29) is 30.1 Å². The average molecular weight is 433 g/mol. The van der Waals surface area contributed by atoms with Crippen LogP contribution < -0.4 is 4.74 Å². The standard InChI is InChI=1S/C24H24BNO6/c1-26-23(28)19-11-15(13-31-17-5-3-2-4-6-17)22-18(21(19)24(26)29)12-20(32-25(22)30)14-7-9-16(27)10-8-14/h2-10,18-21,27,30H,11-13H2,1H3/t18-,19-,20-,21+/m0/s1. The number of amides is 2. The summed E-state index contributed by atoms with van der Waals surface area (Å²) in [5.41, 5.74) is 2.28. The highest BCUT2D eigenvalue weighted by molar-refractivity contribution is 6.53. The van der Waals surface area contributed by atoms with E-state index in [0.717, 1.165) is 11.1 Å². The zero-order chi connectivity index (χ0) is 22.4. The van der Waals surface area contributed by atoms with E-state index < -0.39 is 25.1 Å². The van der Waals surface area contributed by atoms with Crippen molar-refractivity contribution in [3.63, 3.8) is 0 Å². The molecule has 2 saturated heterocycles. The summed E-state index contributed by atoms with van der Waals surface area (Å²) in [6, 6.07) is 16.0. The number of hydrogen-bond acceptors (Lipinski definition) is 6. The molecule has 0 unspecified atom stereocenters. The lowest BCUT2D eigenvalue weighted by molar-refractivity contribution is -0.138. The Bertz CT molecular complexity index is 1070. The minimum atomic E-state index is -1.20. The molecule has 2 aromatic carbocycles. The second-order valence-electron chi connectivity index (χ2n) is 8.64. The molecule has 1 aliphatic carbocycles. The fourth-order valence-corrected chi connectivity index (χ4v) is 5.29. The Balaban J connectivity index is 1.50. The van der Waals surface area contributed by atoms with Crippen molar-refractivity contribution < 1.29 is 29.1 Å². The zero-order valence-corrected chi connectivity index (χ0v) is 17.7. The highest BCUT2D eigenvalue weighted by Gasteiger charge is 2.57. The lowest BCUT2D eigenvalue weighted by atomic mass is 9.55. The van der Waals surface area contributed by atoms with Gasteiger partial charge in [0.1, 0.15) is 18.1 Å². The number of benzene rings is 2. The lowest BCUT2D eigenvalue weighted by Gasteiger charge is -2.42. The average Bonchev–Trinajstić information content (AvgIpc) is 3.02. The van der Waals surface area contributed by atoms with Crippen molar-refractivity contribution in [1.29, 1.82) is 0 Å². The number of carbonyl (C=O) groups excluding carboxylic acids is 2. The molecule has 7 nitrogen and oxygen atoms in total. The molecule has 164 valence electrons. The van der Waals surface area contributed by atoms with Crippen LogP contribution >= 0.6 is 0 Å². The summed E-state index contributed by atoms with van der Waals surface area (Å²) in [5, 5.41) is 20.6. The maximum Gasteiger partial charge on any atom is 0.487 e. The maximum atomic E-state index is 13.0. The number of phenols is 1. The maximum absolute atomic E-state index is 13.0. The van der Waals surface area contributed by atoms with Gasteiger partial charge in [0.05, 0.1) is 17.9 Å². The van der Waals surface area contributed by atoms with Gasteiger partial charge >= 0.3 is 7.12 Å². The SMILES string of the molecule is CN1C(=O)[C@H]2[C@H](CC(COc3ccccc3)=C3B(O)O[C@H](c4ccc(O)cc4)C[C@H]32)C1=O. The number of fused-ring (bicyclic) bond motifs is 3. The van der Waals surface area contributed by atoms with Crippen LogP contribution in [0.1, 0.15) is 24.5 Å². The largest absolute Gasteiger partial charge is 0.508 e. The van der Waals surface area contributed by atoms with Crippen molar-refractivity contribution in [3.8, 4) is 11.5 Å². The molecule has 8 heteroatoms. The summed E-state index contributed by atoms with van der Waals surface area (Å²) in [4.78, 5) is 27.0. The van der Waals surface area contributed by atoms with Gasteiger partial charge in [-0.1, -0.05) is 30.3 Å². The van der Waals surface area contributed by atoms with E-state index in [1.165, 1.54) is 11.9 Å². The third-order valence-corrected chi connectivity index (χ3v) is 6.85. The van der Waals surface area contributed by atoms with Crippen LogP contribution in [0.2, 0.25) is 0 Å². The number of para-hydroxylation sites is 1. The summed E-state index contributed by atoms with van der Waals surface area (Å²) in [6.45, 7) is 0.217. The van der Waals surface area contributed by atoms with E-state index in [0.29, 0.717) is 24.1 Å². The molecular formula is C24H24BNO6. The van der Waals surface area contributed by atoms with E-state index in [4.69, 9.17) is 9.39 Å². The Kier molecular flexibility index (Phi) is 5.27. The first-order chi connectivity index (χ1) is 15.4. The van der Waals surface area contributed by atoms with Gasteiger partial charge in [-0.05, 0) is 59.6 Å². The van der Waals surface area contributed by atoms with Crippen LogP contribution in [0.5, 0.6) is 11.5 Å². The smallest absolute Gasteiger partial charge is 0.487 e. The number of likely N-dealkylation sites (tertiary alicyclic amines) is 1. The van der Waals surface area contributed by atoms with Crippen LogP contribution in [0.25, 0.3) is 0 Å². The van der Waals surface area contributed by atoms with Gasteiger partial charge in [-0.25, -0.2) is 0 Å². The van der Waals surface area contributed by atoms with E-state index >= 15 is 0 Å². The fourth-order valence-electron chi connectivity index (χ4n) is 5.29. The number of aromatic hydroxyl groups is 1. The molecule has 3 aliphatic rings. The van der Waals surface area contributed by atoms with Crippen molar-refractivity contribution >= 4 is 18.9 Å². The molecule has 2 aromatic rings. The molecule has 2 aliphatic heterocycles. The van der Waals surface area contributed by atoms with E-state index in [1.807, 2.05) is 30.3 Å². The van der Waals surface area contributed by atoms with Gasteiger partial charge < -0.3 is 19.5 Å². The van der Waals surface area contributed by atoms with Crippen molar-refractivity contribution in [2.75, 3.05) is 13.7 Å². The fraction of sp³-hybridized carbons (Fsp3) is 0.333. The molecule has 2 fully saturated rings. The summed E-state index contributed by atoms with van der Waals surface area (Å²) in [5.74, 6) is -0.850. The number of allylic oxidation sites excluding steroid dienone is 1. The topological polar surface area (TPSA) is 96.3 Å². The molecule has 2 heterocycles.